The van der Waals surface area contributed by atoms with Gasteiger partial charge < -0.3 is 15.0 Å². The van der Waals surface area contributed by atoms with Crippen LogP contribution in [-0.4, -0.2) is 37.9 Å². The van der Waals surface area contributed by atoms with E-state index < -0.39 is 24.3 Å². The zero-order valence-corrected chi connectivity index (χ0v) is 11.5. The zero-order chi connectivity index (χ0) is 15.4. The monoisotopic (exact) mass is 298 g/mol. The summed E-state index contributed by atoms with van der Waals surface area (Å²) in [5.74, 6) is -1.30. The van der Waals surface area contributed by atoms with Crippen molar-refractivity contribution >= 4 is 17.5 Å². The molecule has 2 rings (SSSR count). The molecule has 2 amide bonds. The lowest BCUT2D eigenvalue weighted by atomic mass is 10.0. The first kappa shape index (κ1) is 15.2. The van der Waals surface area contributed by atoms with Gasteiger partial charge in [0.1, 0.15) is 11.8 Å². The van der Waals surface area contributed by atoms with Gasteiger partial charge in [0, 0.05) is 6.54 Å². The Morgan fingerprint density at radius 3 is 2.81 bits per heavy atom. The Bertz CT molecular complexity index is 537. The number of ether oxygens (including phenoxy) is 1. The van der Waals surface area contributed by atoms with Crippen LogP contribution < -0.4 is 15.0 Å². The lowest BCUT2D eigenvalue weighted by molar-refractivity contribution is -0.135. The van der Waals surface area contributed by atoms with Gasteiger partial charge in [-0.25, -0.2) is 0 Å². The maximum atomic E-state index is 12.4. The van der Waals surface area contributed by atoms with Crippen molar-refractivity contribution in [2.24, 2.45) is 0 Å². The predicted molar refractivity (Wildman–Crippen MR) is 72.5 cm³/mol. The highest BCUT2D eigenvalue weighted by molar-refractivity contribution is 6.01. The minimum Gasteiger partial charge on any atom is -0.495 e. The number of hydrogen-bond donors (Lipinski definition) is 1. The molecular formula is C14H16F2N2O3. The van der Waals surface area contributed by atoms with E-state index >= 15 is 0 Å². The first-order valence-corrected chi connectivity index (χ1v) is 6.57. The molecule has 7 heteroatoms. The molecule has 21 heavy (non-hydrogen) atoms. The first-order valence-electron chi connectivity index (χ1n) is 6.57. The maximum absolute atomic E-state index is 12.4. The molecule has 5 nitrogen and oxygen atoms in total. The summed E-state index contributed by atoms with van der Waals surface area (Å²) >= 11 is 0. The molecule has 114 valence electrons. The molecule has 1 aliphatic rings. The number of alkyl halides is 2. The number of carbonyl (C=O) groups excluding carboxylic acids is 2. The molecule has 1 aliphatic heterocycles. The van der Waals surface area contributed by atoms with Gasteiger partial charge in [-0.15, -0.1) is 0 Å². The van der Waals surface area contributed by atoms with E-state index in [1.165, 1.54) is 12.0 Å². The SMILES string of the molecule is COc1ccccc1N1CCCC(NC(=O)C(F)F)C1=O. The average Bonchev–Trinajstić information content (AvgIpc) is 2.49. The van der Waals surface area contributed by atoms with Crippen LogP contribution in [0, 0.1) is 0 Å². The van der Waals surface area contributed by atoms with Crippen LogP contribution in [0.2, 0.25) is 0 Å². The molecule has 1 aromatic carbocycles. The van der Waals surface area contributed by atoms with E-state index in [0.29, 0.717) is 30.8 Å². The van der Waals surface area contributed by atoms with Crippen LogP contribution in [0.1, 0.15) is 12.8 Å². The number of rotatable bonds is 4. The molecule has 1 fully saturated rings. The van der Waals surface area contributed by atoms with E-state index in [4.69, 9.17) is 4.74 Å². The number of hydrogen-bond acceptors (Lipinski definition) is 3. The van der Waals surface area contributed by atoms with E-state index in [-0.39, 0.29) is 0 Å². The van der Waals surface area contributed by atoms with Crippen LogP contribution in [0.15, 0.2) is 24.3 Å². The highest BCUT2D eigenvalue weighted by atomic mass is 19.3. The van der Waals surface area contributed by atoms with Crippen molar-refractivity contribution < 1.29 is 23.1 Å². The standard InChI is InChI=1S/C14H16F2N2O3/c1-21-11-7-3-2-6-10(11)18-8-4-5-9(14(18)20)17-13(19)12(15)16/h2-3,6-7,9,12H,4-5,8H2,1H3,(H,17,19). The Morgan fingerprint density at radius 1 is 1.43 bits per heavy atom. The summed E-state index contributed by atoms with van der Waals surface area (Å²) in [6.07, 6.45) is -2.17. The number of piperidine rings is 1. The van der Waals surface area contributed by atoms with Crippen molar-refractivity contribution in [3.63, 3.8) is 0 Å². The Kier molecular flexibility index (Phi) is 4.72. The number of methoxy groups -OCH3 is 1. The molecule has 0 aromatic heterocycles. The second-order valence-electron chi connectivity index (χ2n) is 4.67. The lowest BCUT2D eigenvalue weighted by Gasteiger charge is -2.33. The van der Waals surface area contributed by atoms with Gasteiger partial charge in [-0.05, 0) is 25.0 Å². The van der Waals surface area contributed by atoms with Crippen LogP contribution in [0.3, 0.4) is 0 Å². The van der Waals surface area contributed by atoms with Gasteiger partial charge >= 0.3 is 6.43 Å². The van der Waals surface area contributed by atoms with Crippen molar-refractivity contribution in [3.05, 3.63) is 24.3 Å². The van der Waals surface area contributed by atoms with Crippen molar-refractivity contribution in [1.82, 2.24) is 5.32 Å². The molecule has 1 heterocycles. The van der Waals surface area contributed by atoms with Gasteiger partial charge in [-0.2, -0.15) is 8.78 Å². The Hall–Kier alpha value is -2.18. The normalized spacial score (nSPS) is 18.8. The van der Waals surface area contributed by atoms with Crippen LogP contribution in [0.25, 0.3) is 0 Å². The molecule has 1 saturated heterocycles. The van der Waals surface area contributed by atoms with Crippen LogP contribution in [-0.2, 0) is 9.59 Å². The zero-order valence-electron chi connectivity index (χ0n) is 11.5. The smallest absolute Gasteiger partial charge is 0.315 e. The summed E-state index contributed by atoms with van der Waals surface area (Å²) in [5.41, 5.74) is 0.570. The van der Waals surface area contributed by atoms with E-state index in [9.17, 15) is 18.4 Å². The van der Waals surface area contributed by atoms with Gasteiger partial charge in [-0.1, -0.05) is 12.1 Å². The molecule has 0 bridgehead atoms. The third-order valence-electron chi connectivity index (χ3n) is 3.33. The van der Waals surface area contributed by atoms with Gasteiger partial charge in [-0.3, -0.25) is 9.59 Å². The second kappa shape index (κ2) is 6.51. The second-order valence-corrected chi connectivity index (χ2v) is 4.67. The number of carbonyl (C=O) groups is 2. The van der Waals surface area contributed by atoms with E-state index in [1.807, 2.05) is 0 Å². The number of amides is 2. The largest absolute Gasteiger partial charge is 0.495 e. The fraction of sp³-hybridized carbons (Fsp3) is 0.429. The van der Waals surface area contributed by atoms with Gasteiger partial charge in [0.2, 0.25) is 5.91 Å². The van der Waals surface area contributed by atoms with E-state index in [2.05, 4.69) is 5.32 Å². The van der Waals surface area contributed by atoms with Crippen LogP contribution >= 0.6 is 0 Å². The van der Waals surface area contributed by atoms with E-state index in [1.54, 1.807) is 24.3 Å². The first-order chi connectivity index (χ1) is 10.0. The number of para-hydroxylation sites is 2. The Labute approximate surface area is 120 Å². The highest BCUT2D eigenvalue weighted by Crippen LogP contribution is 2.30. The Balaban J connectivity index is 2.18. The fourth-order valence-corrected chi connectivity index (χ4v) is 2.34. The number of benzene rings is 1. The van der Waals surface area contributed by atoms with E-state index in [0.717, 1.165) is 0 Å². The van der Waals surface area contributed by atoms with Crippen molar-refractivity contribution in [2.75, 3.05) is 18.6 Å². The molecule has 0 spiro atoms. The van der Waals surface area contributed by atoms with Gasteiger partial charge in [0.15, 0.2) is 0 Å². The van der Waals surface area contributed by atoms with Crippen molar-refractivity contribution in [3.8, 4) is 5.75 Å². The molecule has 1 aromatic rings. The third kappa shape index (κ3) is 3.29. The Morgan fingerprint density at radius 2 is 2.14 bits per heavy atom. The predicted octanol–water partition coefficient (Wildman–Crippen LogP) is 1.57. The molecular weight excluding hydrogens is 282 g/mol. The number of nitrogens with one attached hydrogen (secondary N) is 1. The number of anilines is 1. The molecule has 0 radical (unpaired) electrons. The molecule has 1 N–H and O–H groups in total. The summed E-state index contributed by atoms with van der Waals surface area (Å²) in [6, 6.07) is 6.03. The third-order valence-corrected chi connectivity index (χ3v) is 3.33. The lowest BCUT2D eigenvalue weighted by Crippen LogP contribution is -2.53. The summed E-state index contributed by atoms with van der Waals surface area (Å²) in [5, 5.41) is 2.08. The molecule has 0 aliphatic carbocycles. The molecule has 0 saturated carbocycles. The number of nitrogens with zero attached hydrogens (tertiary/aromatic N) is 1. The summed E-state index contributed by atoms with van der Waals surface area (Å²) in [4.78, 5) is 24.9. The van der Waals surface area contributed by atoms with Crippen LogP contribution in [0.4, 0.5) is 14.5 Å². The van der Waals surface area contributed by atoms with Gasteiger partial charge in [0.05, 0.1) is 12.8 Å². The van der Waals surface area contributed by atoms with Crippen molar-refractivity contribution in [1.29, 1.82) is 0 Å². The minimum absolute atomic E-state index is 0.350. The topological polar surface area (TPSA) is 58.6 Å². The quantitative estimate of drug-likeness (QED) is 0.918. The molecule has 1 atom stereocenters. The number of halogens is 2. The summed E-state index contributed by atoms with van der Waals surface area (Å²) < 4.78 is 29.8. The van der Waals surface area contributed by atoms with Gasteiger partial charge in [0.25, 0.3) is 5.91 Å². The summed E-state index contributed by atoms with van der Waals surface area (Å²) in [6.45, 7) is 0.459. The minimum atomic E-state index is -3.13. The summed E-state index contributed by atoms with van der Waals surface area (Å²) in [7, 11) is 1.49. The van der Waals surface area contributed by atoms with Crippen molar-refractivity contribution in [2.45, 2.75) is 25.3 Å². The molecule has 1 unspecified atom stereocenters. The highest BCUT2D eigenvalue weighted by Gasteiger charge is 2.33. The maximum Gasteiger partial charge on any atom is 0.315 e. The fourth-order valence-electron chi connectivity index (χ4n) is 2.34. The average molecular weight is 298 g/mol. The van der Waals surface area contributed by atoms with Crippen LogP contribution in [0.5, 0.6) is 5.75 Å².